The fraction of sp³-hybridized carbons (Fsp3) is 0.300. The second-order valence-electron chi connectivity index (χ2n) is 5.79. The Hall–Kier alpha value is -1.86. The molecule has 3 rings (SSSR count). The van der Waals surface area contributed by atoms with E-state index in [2.05, 4.69) is 77.7 Å². The van der Waals surface area contributed by atoms with E-state index in [9.17, 15) is 0 Å². The molecule has 1 unspecified atom stereocenters. The summed E-state index contributed by atoms with van der Waals surface area (Å²) in [7, 11) is 0. The van der Waals surface area contributed by atoms with Crippen LogP contribution in [-0.4, -0.2) is 17.5 Å². The summed E-state index contributed by atoms with van der Waals surface area (Å²) < 4.78 is 0. The zero-order chi connectivity index (χ0) is 14.3. The maximum Gasteiger partial charge on any atom is 0.0284 e. The smallest absolute Gasteiger partial charge is 0.0284 e. The Labute approximate surface area is 127 Å². The summed E-state index contributed by atoms with van der Waals surface area (Å²) >= 11 is 0. The Morgan fingerprint density at radius 2 is 1.62 bits per heavy atom. The predicted octanol–water partition coefficient (Wildman–Crippen LogP) is 4.75. The van der Waals surface area contributed by atoms with Gasteiger partial charge in [0.05, 0.1) is 0 Å². The van der Waals surface area contributed by atoms with Crippen molar-refractivity contribution < 1.29 is 0 Å². The van der Waals surface area contributed by atoms with E-state index in [0.717, 1.165) is 6.54 Å². The maximum atomic E-state index is 2.61. The minimum atomic E-state index is 0.569. The lowest BCUT2D eigenvalue weighted by atomic mass is 10.00. The van der Waals surface area contributed by atoms with Gasteiger partial charge in [0.1, 0.15) is 0 Å². The quantitative estimate of drug-likeness (QED) is 0.779. The van der Waals surface area contributed by atoms with Gasteiger partial charge in [0, 0.05) is 12.6 Å². The van der Waals surface area contributed by atoms with Crippen LogP contribution in [0.5, 0.6) is 0 Å². The molecule has 0 N–H and O–H groups in total. The van der Waals surface area contributed by atoms with Crippen molar-refractivity contribution in [3.63, 3.8) is 0 Å². The Kier molecular flexibility index (Phi) is 4.86. The second-order valence-corrected chi connectivity index (χ2v) is 5.79. The molecule has 0 saturated carbocycles. The minimum absolute atomic E-state index is 0.569. The van der Waals surface area contributed by atoms with Gasteiger partial charge >= 0.3 is 0 Å². The molecule has 0 spiro atoms. The molecule has 1 heteroatoms. The number of piperidine rings is 1. The van der Waals surface area contributed by atoms with Crippen LogP contribution in [0, 0.1) is 0 Å². The third-order valence-corrected chi connectivity index (χ3v) is 4.20. The Morgan fingerprint density at radius 1 is 0.905 bits per heavy atom. The average molecular weight is 277 g/mol. The van der Waals surface area contributed by atoms with Crippen LogP contribution < -0.4 is 0 Å². The summed E-state index contributed by atoms with van der Waals surface area (Å²) in [6.45, 7) is 2.27. The van der Waals surface area contributed by atoms with Crippen LogP contribution in [0.1, 0.15) is 30.4 Å². The molecule has 1 heterocycles. The first-order valence-electron chi connectivity index (χ1n) is 7.93. The third-order valence-electron chi connectivity index (χ3n) is 4.20. The number of hydrogen-bond acceptors (Lipinski definition) is 1. The van der Waals surface area contributed by atoms with Gasteiger partial charge in [0.25, 0.3) is 0 Å². The molecule has 1 fully saturated rings. The molecule has 2 aromatic rings. The van der Waals surface area contributed by atoms with Crippen molar-refractivity contribution in [2.75, 3.05) is 6.54 Å². The summed E-state index contributed by atoms with van der Waals surface area (Å²) in [5, 5.41) is 0. The minimum Gasteiger partial charge on any atom is -0.293 e. The highest BCUT2D eigenvalue weighted by Gasteiger charge is 2.19. The maximum absolute atomic E-state index is 2.61. The molecule has 108 valence electrons. The molecule has 1 aliphatic rings. The first-order valence-corrected chi connectivity index (χ1v) is 7.93. The molecule has 1 atom stereocenters. The van der Waals surface area contributed by atoms with Gasteiger partial charge in [-0.3, -0.25) is 4.90 Å². The molecular formula is C20H23N. The summed E-state index contributed by atoms with van der Waals surface area (Å²) in [4.78, 5) is 2.61. The van der Waals surface area contributed by atoms with Crippen LogP contribution in [0.25, 0.3) is 6.08 Å². The first kappa shape index (κ1) is 14.1. The molecule has 1 saturated heterocycles. The topological polar surface area (TPSA) is 3.24 Å². The second kappa shape index (κ2) is 7.24. The van der Waals surface area contributed by atoms with Gasteiger partial charge in [-0.2, -0.15) is 0 Å². The van der Waals surface area contributed by atoms with Crippen molar-refractivity contribution in [1.29, 1.82) is 0 Å². The number of rotatable bonds is 4. The van der Waals surface area contributed by atoms with E-state index in [0.29, 0.717) is 6.04 Å². The molecule has 2 aromatic carbocycles. The van der Waals surface area contributed by atoms with Crippen LogP contribution in [0.3, 0.4) is 0 Å². The lowest BCUT2D eigenvalue weighted by Gasteiger charge is -2.34. The zero-order valence-electron chi connectivity index (χ0n) is 12.5. The number of hydrogen-bond donors (Lipinski definition) is 0. The van der Waals surface area contributed by atoms with Crippen LogP contribution in [0.2, 0.25) is 0 Å². The lowest BCUT2D eigenvalue weighted by molar-refractivity contribution is 0.172. The van der Waals surface area contributed by atoms with Crippen molar-refractivity contribution in [2.24, 2.45) is 0 Å². The highest BCUT2D eigenvalue weighted by molar-refractivity contribution is 5.49. The van der Waals surface area contributed by atoms with Crippen molar-refractivity contribution in [3.8, 4) is 0 Å². The van der Waals surface area contributed by atoms with E-state index in [4.69, 9.17) is 0 Å². The SMILES string of the molecule is C(=C\C1CCCCN1Cc1ccccc1)/c1ccccc1. The van der Waals surface area contributed by atoms with Crippen molar-refractivity contribution in [3.05, 3.63) is 77.9 Å². The number of benzene rings is 2. The number of likely N-dealkylation sites (tertiary alicyclic amines) is 1. The number of nitrogens with zero attached hydrogens (tertiary/aromatic N) is 1. The van der Waals surface area contributed by atoms with E-state index >= 15 is 0 Å². The van der Waals surface area contributed by atoms with Gasteiger partial charge in [-0.25, -0.2) is 0 Å². The molecule has 21 heavy (non-hydrogen) atoms. The van der Waals surface area contributed by atoms with E-state index in [1.807, 2.05) is 0 Å². The third kappa shape index (κ3) is 4.05. The van der Waals surface area contributed by atoms with Crippen molar-refractivity contribution >= 4 is 6.08 Å². The van der Waals surface area contributed by atoms with Crippen LogP contribution in [0.4, 0.5) is 0 Å². The molecule has 0 radical (unpaired) electrons. The zero-order valence-corrected chi connectivity index (χ0v) is 12.5. The monoisotopic (exact) mass is 277 g/mol. The Balaban J connectivity index is 1.68. The molecule has 1 aliphatic heterocycles. The van der Waals surface area contributed by atoms with Crippen molar-refractivity contribution in [2.45, 2.75) is 31.8 Å². The van der Waals surface area contributed by atoms with Gasteiger partial charge < -0.3 is 0 Å². The first-order chi connectivity index (χ1) is 10.4. The van der Waals surface area contributed by atoms with E-state index < -0.39 is 0 Å². The highest BCUT2D eigenvalue weighted by Crippen LogP contribution is 2.21. The van der Waals surface area contributed by atoms with Crippen molar-refractivity contribution in [1.82, 2.24) is 4.90 Å². The molecule has 1 nitrogen and oxygen atoms in total. The summed E-state index contributed by atoms with van der Waals surface area (Å²) in [5.74, 6) is 0. The summed E-state index contributed by atoms with van der Waals surface area (Å²) in [5.41, 5.74) is 2.71. The Bertz CT molecular complexity index is 559. The highest BCUT2D eigenvalue weighted by atomic mass is 15.2. The fourth-order valence-corrected chi connectivity index (χ4v) is 3.04. The molecule has 0 amide bonds. The molecule has 0 aliphatic carbocycles. The molecule has 0 aromatic heterocycles. The van der Waals surface area contributed by atoms with Gasteiger partial charge in [0.15, 0.2) is 0 Å². The summed E-state index contributed by atoms with van der Waals surface area (Å²) in [6, 6.07) is 22.0. The fourth-order valence-electron chi connectivity index (χ4n) is 3.04. The lowest BCUT2D eigenvalue weighted by Crippen LogP contribution is -2.37. The molecule has 0 bridgehead atoms. The van der Waals surface area contributed by atoms with E-state index in [-0.39, 0.29) is 0 Å². The van der Waals surface area contributed by atoms with Crippen LogP contribution >= 0.6 is 0 Å². The normalized spacial score (nSPS) is 19.9. The predicted molar refractivity (Wildman–Crippen MR) is 90.0 cm³/mol. The summed E-state index contributed by atoms with van der Waals surface area (Å²) in [6.07, 6.45) is 8.60. The van der Waals surface area contributed by atoms with Gasteiger partial charge in [-0.05, 0) is 30.5 Å². The Morgan fingerprint density at radius 3 is 2.38 bits per heavy atom. The largest absolute Gasteiger partial charge is 0.293 e. The standard InChI is InChI=1S/C20H23N/c1-3-9-18(10-4-1)14-15-20-13-7-8-16-21(20)17-19-11-5-2-6-12-19/h1-6,9-12,14-15,20H,7-8,13,16-17H2/b15-14+. The van der Waals surface area contributed by atoms with E-state index in [1.54, 1.807) is 0 Å². The molecular weight excluding hydrogens is 254 g/mol. The van der Waals surface area contributed by atoms with Crippen LogP contribution in [0.15, 0.2) is 66.7 Å². The van der Waals surface area contributed by atoms with Gasteiger partial charge in [-0.15, -0.1) is 0 Å². The van der Waals surface area contributed by atoms with E-state index in [1.165, 1.54) is 36.9 Å². The van der Waals surface area contributed by atoms with Gasteiger partial charge in [0.2, 0.25) is 0 Å². The average Bonchev–Trinajstić information content (AvgIpc) is 2.56. The van der Waals surface area contributed by atoms with Crippen LogP contribution in [-0.2, 0) is 6.54 Å². The van der Waals surface area contributed by atoms with Gasteiger partial charge in [-0.1, -0.05) is 79.2 Å².